The van der Waals surface area contributed by atoms with Gasteiger partial charge in [0.1, 0.15) is 0 Å². The van der Waals surface area contributed by atoms with Gasteiger partial charge in [-0.3, -0.25) is 4.79 Å². The van der Waals surface area contributed by atoms with Crippen LogP contribution < -0.4 is 0 Å². The van der Waals surface area contributed by atoms with Crippen LogP contribution in [0, 0.1) is 40.4 Å². The van der Waals surface area contributed by atoms with Gasteiger partial charge in [0.25, 0.3) is 0 Å². The van der Waals surface area contributed by atoms with Crippen molar-refractivity contribution < 1.29 is 29.5 Å². The van der Waals surface area contributed by atoms with Crippen LogP contribution in [0.25, 0.3) is 0 Å². The molecule has 4 saturated carbocycles. The van der Waals surface area contributed by atoms with Crippen molar-refractivity contribution in [1.82, 2.24) is 0 Å². The Morgan fingerprint density at radius 2 is 1.50 bits per heavy atom. The molecule has 0 spiro atoms. The summed E-state index contributed by atoms with van der Waals surface area (Å²) in [6.07, 6.45) is 11.1. The molecule has 4 aliphatic rings. The first-order valence-electron chi connectivity index (χ1n) is 15.8. The van der Waals surface area contributed by atoms with Crippen LogP contribution >= 0.6 is 8.38 Å². The maximum Gasteiger partial charge on any atom is 0.303 e. The number of ether oxygens (including phenoxy) is 1. The molecule has 0 aromatic heterocycles. The fourth-order valence-electron chi connectivity index (χ4n) is 8.72. The summed E-state index contributed by atoms with van der Waals surface area (Å²) in [4.78, 5) is 29.3. The van der Waals surface area contributed by atoms with Gasteiger partial charge in [0, 0.05) is 12.6 Å². The molecule has 4 N–H and O–H groups in total. The highest BCUT2D eigenvalue weighted by molar-refractivity contribution is 7.45. The van der Waals surface area contributed by atoms with Crippen LogP contribution in [0.5, 0.6) is 0 Å². The Hall–Kier alpha value is -0.260. The van der Waals surface area contributed by atoms with Gasteiger partial charge in [0.05, 0.1) is 18.8 Å². The topological polar surface area (TPSA) is 107 Å². The number of hydrogen-bond donors (Lipinski definition) is 4. The van der Waals surface area contributed by atoms with Gasteiger partial charge in [0.15, 0.2) is 8.38 Å². The predicted molar refractivity (Wildman–Crippen MR) is 158 cm³/mol. The van der Waals surface area contributed by atoms with Gasteiger partial charge >= 0.3 is 5.97 Å². The summed E-state index contributed by atoms with van der Waals surface area (Å²) in [6, 6.07) is 0. The first-order valence-corrected chi connectivity index (χ1v) is 17.2. The molecule has 4 rings (SSSR count). The molecule has 38 heavy (non-hydrogen) atoms. The molecule has 0 aromatic rings. The van der Waals surface area contributed by atoms with E-state index in [1.807, 2.05) is 41.5 Å². The SMILES string of the molecule is CC.CC.CC.CC12CCC3C(C(O)CC4C[C@H](OCCP(O)O)CCC43C)C1CCC2CCCC(=O)O. The molecular formula is C31H61O6P. The van der Waals surface area contributed by atoms with Gasteiger partial charge in [-0.25, -0.2) is 0 Å². The second-order valence-corrected chi connectivity index (χ2v) is 13.0. The Balaban J connectivity index is 0.00000112. The van der Waals surface area contributed by atoms with E-state index < -0.39 is 14.3 Å². The van der Waals surface area contributed by atoms with Crippen molar-refractivity contribution >= 4 is 14.3 Å². The van der Waals surface area contributed by atoms with Crippen molar-refractivity contribution in [3.8, 4) is 0 Å². The van der Waals surface area contributed by atoms with E-state index in [-0.39, 0.29) is 29.5 Å². The number of carbonyl (C=O) groups is 1. The number of hydrogen-bond acceptors (Lipinski definition) is 5. The average molecular weight is 561 g/mol. The zero-order valence-corrected chi connectivity index (χ0v) is 26.7. The summed E-state index contributed by atoms with van der Waals surface area (Å²) < 4.78 is 5.99. The third-order valence-electron chi connectivity index (χ3n) is 10.4. The molecule has 0 amide bonds. The monoisotopic (exact) mass is 560 g/mol. The summed E-state index contributed by atoms with van der Waals surface area (Å²) >= 11 is 0. The Kier molecular flexibility index (Phi) is 15.9. The minimum absolute atomic E-state index is 0.172. The second-order valence-electron chi connectivity index (χ2n) is 11.8. The lowest BCUT2D eigenvalue weighted by molar-refractivity contribution is -0.176. The summed E-state index contributed by atoms with van der Waals surface area (Å²) in [5.41, 5.74) is 0.504. The van der Waals surface area contributed by atoms with Crippen LogP contribution in [-0.4, -0.2) is 50.9 Å². The van der Waals surface area contributed by atoms with E-state index in [2.05, 4.69) is 13.8 Å². The number of fused-ring (bicyclic) bond motifs is 5. The molecule has 4 aliphatic carbocycles. The van der Waals surface area contributed by atoms with E-state index in [1.165, 1.54) is 25.7 Å². The Bertz CT molecular complexity index is 675. The maximum atomic E-state index is 11.4. The molecule has 0 saturated heterocycles. The van der Waals surface area contributed by atoms with E-state index in [9.17, 15) is 9.90 Å². The van der Waals surface area contributed by atoms with Crippen molar-refractivity contribution in [3.63, 3.8) is 0 Å². The van der Waals surface area contributed by atoms with Gasteiger partial charge in [-0.2, -0.15) is 0 Å². The third kappa shape index (κ3) is 8.15. The molecule has 0 radical (unpaired) electrons. The summed E-state index contributed by atoms with van der Waals surface area (Å²) in [7, 11) is -1.89. The highest BCUT2D eigenvalue weighted by Gasteiger charge is 2.62. The molecule has 8 unspecified atom stereocenters. The van der Waals surface area contributed by atoms with E-state index in [0.29, 0.717) is 42.4 Å². The summed E-state index contributed by atoms with van der Waals surface area (Å²) in [5.74, 6) is 1.88. The maximum absolute atomic E-state index is 11.4. The van der Waals surface area contributed by atoms with Crippen molar-refractivity contribution in [2.45, 2.75) is 138 Å². The minimum Gasteiger partial charge on any atom is -0.481 e. The lowest BCUT2D eigenvalue weighted by atomic mass is 9.44. The smallest absolute Gasteiger partial charge is 0.303 e. The normalized spacial score (nSPS) is 39.1. The number of aliphatic hydroxyl groups excluding tert-OH is 1. The summed E-state index contributed by atoms with van der Waals surface area (Å²) in [6.45, 7) is 17.3. The molecule has 9 atom stereocenters. The van der Waals surface area contributed by atoms with Crippen molar-refractivity contribution in [2.24, 2.45) is 40.4 Å². The van der Waals surface area contributed by atoms with Crippen LogP contribution in [0.3, 0.4) is 0 Å². The second kappa shape index (κ2) is 16.9. The van der Waals surface area contributed by atoms with E-state index in [4.69, 9.17) is 19.6 Å². The fraction of sp³-hybridized carbons (Fsp3) is 0.968. The minimum atomic E-state index is -1.89. The first kappa shape index (κ1) is 35.8. The molecule has 0 bridgehead atoms. The van der Waals surface area contributed by atoms with Gasteiger partial charge in [-0.15, -0.1) is 0 Å². The van der Waals surface area contributed by atoms with Crippen molar-refractivity contribution in [3.05, 3.63) is 0 Å². The van der Waals surface area contributed by atoms with Crippen LogP contribution in [0.4, 0.5) is 0 Å². The zero-order chi connectivity index (χ0) is 29.1. The lowest BCUT2D eigenvalue weighted by Gasteiger charge is -2.62. The predicted octanol–water partition coefficient (Wildman–Crippen LogP) is 7.63. The third-order valence-corrected chi connectivity index (χ3v) is 11.0. The van der Waals surface area contributed by atoms with E-state index >= 15 is 0 Å². The Morgan fingerprint density at radius 3 is 2.11 bits per heavy atom. The van der Waals surface area contributed by atoms with Crippen LogP contribution in [0.1, 0.15) is 126 Å². The molecule has 0 aromatic carbocycles. The van der Waals surface area contributed by atoms with Crippen LogP contribution in [0.15, 0.2) is 0 Å². The Morgan fingerprint density at radius 1 is 0.895 bits per heavy atom. The molecule has 0 heterocycles. The molecular weight excluding hydrogens is 499 g/mol. The number of aliphatic hydroxyl groups is 1. The standard InChI is InChI=1S/C25H43O6P.3C2H6/c1-24-11-9-20-23(19(24)7-6-16(24)4-3-5-22(27)28)21(26)15-17-14-18(8-10-25(17,20)2)31-12-13-32(29)30;3*1-2/h16-21,23,26,29-30H,3-15H2,1-2H3,(H,27,28);3*1-2H3/t16?,17?,18-,19?,20?,21?,23?,24?,25?;;;/m1.../s1. The number of carboxylic acid groups (broad SMARTS) is 1. The molecule has 6 nitrogen and oxygen atoms in total. The first-order chi connectivity index (χ1) is 18.1. The van der Waals surface area contributed by atoms with Gasteiger partial charge in [-0.05, 0) is 105 Å². The average Bonchev–Trinajstić information content (AvgIpc) is 3.24. The molecule has 7 heteroatoms. The van der Waals surface area contributed by atoms with Crippen molar-refractivity contribution in [2.75, 3.05) is 12.8 Å². The largest absolute Gasteiger partial charge is 0.481 e. The molecule has 226 valence electrons. The van der Waals surface area contributed by atoms with Crippen LogP contribution in [-0.2, 0) is 9.53 Å². The highest BCUT2D eigenvalue weighted by atomic mass is 31.2. The Labute approximate surface area is 235 Å². The van der Waals surface area contributed by atoms with Gasteiger partial charge in [0.2, 0.25) is 0 Å². The van der Waals surface area contributed by atoms with E-state index in [0.717, 1.165) is 38.5 Å². The summed E-state index contributed by atoms with van der Waals surface area (Å²) in [5, 5.41) is 20.4. The van der Waals surface area contributed by atoms with Gasteiger partial charge < -0.3 is 24.7 Å². The number of carboxylic acids is 1. The molecule has 0 aliphatic heterocycles. The van der Waals surface area contributed by atoms with Crippen LogP contribution in [0.2, 0.25) is 0 Å². The van der Waals surface area contributed by atoms with E-state index in [1.54, 1.807) is 0 Å². The highest BCUT2D eigenvalue weighted by Crippen LogP contribution is 2.68. The quantitative estimate of drug-likeness (QED) is 0.227. The number of aliphatic carboxylic acids is 1. The van der Waals surface area contributed by atoms with Crippen molar-refractivity contribution in [1.29, 1.82) is 0 Å². The van der Waals surface area contributed by atoms with Gasteiger partial charge in [-0.1, -0.05) is 55.4 Å². The molecule has 4 fully saturated rings. The lowest BCUT2D eigenvalue weighted by Crippen LogP contribution is -2.58. The zero-order valence-electron chi connectivity index (χ0n) is 25.8. The fourth-order valence-corrected chi connectivity index (χ4v) is 8.99. The number of rotatable bonds is 8.